The summed E-state index contributed by atoms with van der Waals surface area (Å²) in [7, 11) is 0. The predicted molar refractivity (Wildman–Crippen MR) is 81.2 cm³/mol. The van der Waals surface area contributed by atoms with E-state index in [1.807, 2.05) is 0 Å². The molecule has 3 heteroatoms. The van der Waals surface area contributed by atoms with Gasteiger partial charge in [0.2, 0.25) is 0 Å². The number of furan rings is 1. The van der Waals surface area contributed by atoms with Gasteiger partial charge < -0.3 is 9.73 Å². The summed E-state index contributed by atoms with van der Waals surface area (Å²) >= 11 is 3.60. The minimum Gasteiger partial charge on any atom is -0.460 e. The Balaban J connectivity index is 1.81. The van der Waals surface area contributed by atoms with Crippen molar-refractivity contribution in [3.05, 3.63) is 45.6 Å². The van der Waals surface area contributed by atoms with Gasteiger partial charge in [-0.25, -0.2) is 0 Å². The maximum absolute atomic E-state index is 5.92. The number of nitrogens with one attached hydrogen (secondary N) is 1. The molecule has 1 aliphatic rings. The molecule has 100 valence electrons. The number of rotatable bonds is 4. The first-order valence-corrected chi connectivity index (χ1v) is 7.52. The molecule has 0 unspecified atom stereocenters. The van der Waals surface area contributed by atoms with Gasteiger partial charge in [0.15, 0.2) is 0 Å². The van der Waals surface area contributed by atoms with E-state index in [0.29, 0.717) is 6.04 Å². The molecule has 1 aromatic heterocycles. The lowest BCUT2D eigenvalue weighted by Crippen LogP contribution is -2.14. The third-order valence-electron chi connectivity index (χ3n) is 3.52. The first-order chi connectivity index (χ1) is 9.13. The molecule has 1 heterocycles. The highest BCUT2D eigenvalue weighted by Gasteiger charge is 2.20. The number of halogens is 1. The van der Waals surface area contributed by atoms with Crippen molar-refractivity contribution < 1.29 is 4.42 Å². The smallest absolute Gasteiger partial charge is 0.134 e. The lowest BCUT2D eigenvalue weighted by molar-refractivity contribution is 0.492. The van der Waals surface area contributed by atoms with Crippen LogP contribution in [0.25, 0.3) is 11.3 Å². The number of benzene rings is 1. The Labute approximate surface area is 122 Å². The van der Waals surface area contributed by atoms with Crippen LogP contribution in [0.2, 0.25) is 0 Å². The molecule has 3 rings (SSSR count). The molecule has 0 aliphatic heterocycles. The summed E-state index contributed by atoms with van der Waals surface area (Å²) in [4.78, 5) is 0. The van der Waals surface area contributed by atoms with Crippen LogP contribution in [-0.2, 0) is 6.54 Å². The first-order valence-electron chi connectivity index (χ1n) is 6.72. The van der Waals surface area contributed by atoms with Gasteiger partial charge in [-0.15, -0.1) is 0 Å². The standard InChI is InChI=1S/C16H18BrNO/c1-10-7-12(8-11(2)16(10)17)15-6-5-14(19-15)9-18-13-3-4-13/h5-8,13,18H,3-4,9H2,1-2H3. The molecule has 0 atom stereocenters. The highest BCUT2D eigenvalue weighted by atomic mass is 79.9. The predicted octanol–water partition coefficient (Wildman–Crippen LogP) is 4.58. The Morgan fingerprint density at radius 3 is 2.53 bits per heavy atom. The summed E-state index contributed by atoms with van der Waals surface area (Å²) in [5.74, 6) is 1.96. The van der Waals surface area contributed by atoms with Crippen LogP contribution >= 0.6 is 15.9 Å². The second-order valence-electron chi connectivity index (χ2n) is 5.35. The van der Waals surface area contributed by atoms with Crippen LogP contribution in [0, 0.1) is 13.8 Å². The van der Waals surface area contributed by atoms with Gasteiger partial charge in [0.25, 0.3) is 0 Å². The monoisotopic (exact) mass is 319 g/mol. The van der Waals surface area contributed by atoms with Gasteiger partial charge in [-0.1, -0.05) is 15.9 Å². The quantitative estimate of drug-likeness (QED) is 0.892. The minimum absolute atomic E-state index is 0.714. The van der Waals surface area contributed by atoms with Crippen molar-refractivity contribution in [2.24, 2.45) is 0 Å². The largest absolute Gasteiger partial charge is 0.460 e. The van der Waals surface area contributed by atoms with Crippen molar-refractivity contribution in [2.75, 3.05) is 0 Å². The maximum atomic E-state index is 5.92. The summed E-state index contributed by atoms with van der Waals surface area (Å²) < 4.78 is 7.10. The minimum atomic E-state index is 0.714. The van der Waals surface area contributed by atoms with Gasteiger partial charge >= 0.3 is 0 Å². The molecular formula is C16H18BrNO. The second-order valence-corrected chi connectivity index (χ2v) is 6.14. The Bertz CT molecular complexity index is 576. The average molecular weight is 320 g/mol. The van der Waals surface area contributed by atoms with E-state index in [9.17, 15) is 0 Å². The summed E-state index contributed by atoms with van der Waals surface area (Å²) in [6.45, 7) is 5.05. The molecule has 0 spiro atoms. The molecule has 1 aliphatic carbocycles. The van der Waals surface area contributed by atoms with Crippen molar-refractivity contribution in [1.29, 1.82) is 0 Å². The van der Waals surface area contributed by atoms with Crippen molar-refractivity contribution in [3.8, 4) is 11.3 Å². The van der Waals surface area contributed by atoms with Gasteiger partial charge in [0.1, 0.15) is 11.5 Å². The van der Waals surface area contributed by atoms with Crippen molar-refractivity contribution in [2.45, 2.75) is 39.3 Å². The highest BCUT2D eigenvalue weighted by Crippen LogP contribution is 2.29. The van der Waals surface area contributed by atoms with E-state index in [1.54, 1.807) is 0 Å². The maximum Gasteiger partial charge on any atom is 0.134 e. The van der Waals surface area contributed by atoms with Gasteiger partial charge in [-0.05, 0) is 62.1 Å². The zero-order valence-corrected chi connectivity index (χ0v) is 12.9. The molecule has 0 saturated heterocycles. The molecule has 19 heavy (non-hydrogen) atoms. The van der Waals surface area contributed by atoms with E-state index in [-0.39, 0.29) is 0 Å². The molecule has 0 radical (unpaired) electrons. The normalized spacial score (nSPS) is 14.9. The molecule has 0 amide bonds. The van der Waals surface area contributed by atoms with E-state index >= 15 is 0 Å². The Morgan fingerprint density at radius 2 is 1.89 bits per heavy atom. The fourth-order valence-electron chi connectivity index (χ4n) is 2.25. The molecule has 1 saturated carbocycles. The lowest BCUT2D eigenvalue weighted by atomic mass is 10.1. The van der Waals surface area contributed by atoms with E-state index in [1.165, 1.54) is 28.4 Å². The van der Waals surface area contributed by atoms with Crippen LogP contribution in [0.4, 0.5) is 0 Å². The third kappa shape index (κ3) is 2.93. The lowest BCUT2D eigenvalue weighted by Gasteiger charge is -2.06. The summed E-state index contributed by atoms with van der Waals surface area (Å²) in [6.07, 6.45) is 2.61. The Morgan fingerprint density at radius 1 is 1.21 bits per heavy atom. The molecular weight excluding hydrogens is 302 g/mol. The van der Waals surface area contributed by atoms with Crippen LogP contribution in [0.1, 0.15) is 29.7 Å². The van der Waals surface area contributed by atoms with Gasteiger partial charge in [0, 0.05) is 16.1 Å². The van der Waals surface area contributed by atoms with Gasteiger partial charge in [0.05, 0.1) is 6.54 Å². The zero-order valence-electron chi connectivity index (χ0n) is 11.3. The van der Waals surface area contributed by atoms with Crippen molar-refractivity contribution in [1.82, 2.24) is 5.32 Å². The van der Waals surface area contributed by atoms with Crippen LogP contribution in [0.15, 0.2) is 33.2 Å². The molecule has 0 bridgehead atoms. The molecule has 1 fully saturated rings. The molecule has 2 aromatic rings. The van der Waals surface area contributed by atoms with Crippen molar-refractivity contribution >= 4 is 15.9 Å². The zero-order chi connectivity index (χ0) is 13.4. The third-order valence-corrected chi connectivity index (χ3v) is 4.78. The SMILES string of the molecule is Cc1cc(-c2ccc(CNC3CC3)o2)cc(C)c1Br. The summed E-state index contributed by atoms with van der Waals surface area (Å²) in [5.41, 5.74) is 3.63. The highest BCUT2D eigenvalue weighted by molar-refractivity contribution is 9.10. The van der Waals surface area contributed by atoms with Crippen LogP contribution in [0.5, 0.6) is 0 Å². The number of hydrogen-bond donors (Lipinski definition) is 1. The molecule has 2 nitrogen and oxygen atoms in total. The van der Waals surface area contributed by atoms with E-state index in [4.69, 9.17) is 4.42 Å². The Hall–Kier alpha value is -1.06. The van der Waals surface area contributed by atoms with Gasteiger partial charge in [-0.2, -0.15) is 0 Å². The van der Waals surface area contributed by atoms with Crippen LogP contribution < -0.4 is 5.32 Å². The number of hydrogen-bond acceptors (Lipinski definition) is 2. The fourth-order valence-corrected chi connectivity index (χ4v) is 2.48. The first kappa shape index (κ1) is 12.9. The number of aryl methyl sites for hydroxylation is 2. The summed E-state index contributed by atoms with van der Waals surface area (Å²) in [5, 5.41) is 3.47. The molecule has 1 aromatic carbocycles. The van der Waals surface area contributed by atoms with E-state index in [0.717, 1.165) is 23.6 Å². The summed E-state index contributed by atoms with van der Waals surface area (Å²) in [6, 6.07) is 9.16. The van der Waals surface area contributed by atoms with E-state index < -0.39 is 0 Å². The average Bonchev–Trinajstić information content (AvgIpc) is 3.10. The second kappa shape index (κ2) is 5.14. The van der Waals surface area contributed by atoms with E-state index in [2.05, 4.69) is 59.4 Å². The molecule has 1 N–H and O–H groups in total. The fraction of sp³-hybridized carbons (Fsp3) is 0.375. The van der Waals surface area contributed by atoms with Crippen molar-refractivity contribution in [3.63, 3.8) is 0 Å². The van der Waals surface area contributed by atoms with Crippen LogP contribution in [-0.4, -0.2) is 6.04 Å². The van der Waals surface area contributed by atoms with Crippen LogP contribution in [0.3, 0.4) is 0 Å². The topological polar surface area (TPSA) is 25.2 Å². The Kier molecular flexibility index (Phi) is 3.50. The van der Waals surface area contributed by atoms with Gasteiger partial charge in [-0.3, -0.25) is 0 Å².